The van der Waals surface area contributed by atoms with Gasteiger partial charge in [-0.25, -0.2) is 0 Å². The molecule has 5 rings (SSSR count). The van der Waals surface area contributed by atoms with E-state index in [-0.39, 0.29) is 0 Å². The minimum atomic E-state index is 0.709. The van der Waals surface area contributed by atoms with E-state index in [0.717, 1.165) is 34.0 Å². The van der Waals surface area contributed by atoms with Gasteiger partial charge in [-0.1, -0.05) is 55.6 Å². The summed E-state index contributed by atoms with van der Waals surface area (Å²) in [4.78, 5) is 2.04. The molecule has 1 aliphatic carbocycles. The van der Waals surface area contributed by atoms with Crippen LogP contribution < -0.4 is 21.1 Å². The molecule has 0 spiro atoms. The molecule has 0 radical (unpaired) electrons. The SMILES string of the molecule is C=CC1=C(C=C)N(C)c2ccccc2O1.Cc1ccc2c3c(cccc13)C(N)=C2N. The number of para-hydroxylation sites is 2. The molecule has 150 valence electrons. The number of anilines is 1. The van der Waals surface area contributed by atoms with Crippen LogP contribution in [0.2, 0.25) is 0 Å². The molecule has 0 saturated carbocycles. The maximum Gasteiger partial charge on any atom is 0.151 e. The summed E-state index contributed by atoms with van der Waals surface area (Å²) in [5.41, 5.74) is 18.8. The van der Waals surface area contributed by atoms with E-state index in [4.69, 9.17) is 16.2 Å². The fourth-order valence-electron chi connectivity index (χ4n) is 3.96. The minimum Gasteiger partial charge on any atom is -0.453 e. The molecular weight excluding hydrogens is 370 g/mol. The first-order valence-corrected chi connectivity index (χ1v) is 9.76. The van der Waals surface area contributed by atoms with Crippen LogP contribution in [-0.4, -0.2) is 7.05 Å². The quantitative estimate of drug-likeness (QED) is 0.618. The van der Waals surface area contributed by atoms with Gasteiger partial charge in [0.15, 0.2) is 11.5 Å². The summed E-state index contributed by atoms with van der Waals surface area (Å²) in [6.45, 7) is 9.62. The van der Waals surface area contributed by atoms with Crippen molar-refractivity contribution in [1.29, 1.82) is 0 Å². The zero-order valence-electron chi connectivity index (χ0n) is 17.3. The van der Waals surface area contributed by atoms with Crippen LogP contribution >= 0.6 is 0 Å². The lowest BCUT2D eigenvalue weighted by Gasteiger charge is -2.29. The highest BCUT2D eigenvalue weighted by atomic mass is 16.5. The first-order valence-electron chi connectivity index (χ1n) is 9.76. The zero-order valence-corrected chi connectivity index (χ0v) is 17.3. The van der Waals surface area contributed by atoms with E-state index in [1.807, 2.05) is 48.3 Å². The molecule has 0 bridgehead atoms. The van der Waals surface area contributed by atoms with Gasteiger partial charge in [-0.3, -0.25) is 0 Å². The topological polar surface area (TPSA) is 64.5 Å². The van der Waals surface area contributed by atoms with E-state index in [0.29, 0.717) is 11.4 Å². The lowest BCUT2D eigenvalue weighted by Crippen LogP contribution is -2.22. The Hall–Kier alpha value is -3.92. The number of benzene rings is 3. The molecule has 4 nitrogen and oxygen atoms in total. The molecule has 30 heavy (non-hydrogen) atoms. The van der Waals surface area contributed by atoms with Gasteiger partial charge in [-0.15, -0.1) is 0 Å². The molecule has 1 aliphatic heterocycles. The van der Waals surface area contributed by atoms with Crippen LogP contribution in [-0.2, 0) is 0 Å². The third-order valence-corrected chi connectivity index (χ3v) is 5.57. The monoisotopic (exact) mass is 395 g/mol. The highest BCUT2D eigenvalue weighted by Crippen LogP contribution is 2.38. The van der Waals surface area contributed by atoms with Gasteiger partial charge >= 0.3 is 0 Å². The second-order valence-corrected chi connectivity index (χ2v) is 7.27. The fraction of sp³-hybridized carbons (Fsp3) is 0.0769. The summed E-state index contributed by atoms with van der Waals surface area (Å²) in [6.07, 6.45) is 3.47. The summed E-state index contributed by atoms with van der Waals surface area (Å²) in [5.74, 6) is 1.59. The van der Waals surface area contributed by atoms with Crippen molar-refractivity contribution >= 4 is 27.9 Å². The number of ether oxygens (including phenoxy) is 1. The highest BCUT2D eigenvalue weighted by molar-refractivity contribution is 6.12. The highest BCUT2D eigenvalue weighted by Gasteiger charge is 2.21. The number of rotatable bonds is 2. The molecule has 0 saturated heterocycles. The van der Waals surface area contributed by atoms with Crippen molar-refractivity contribution in [3.8, 4) is 5.75 Å². The zero-order chi connectivity index (χ0) is 21.4. The summed E-state index contributed by atoms with van der Waals surface area (Å²) < 4.78 is 5.70. The van der Waals surface area contributed by atoms with Crippen LogP contribution in [0.5, 0.6) is 5.75 Å². The smallest absolute Gasteiger partial charge is 0.151 e. The number of nitrogens with zero attached hydrogens (tertiary/aromatic N) is 1. The Bertz CT molecular complexity index is 1230. The summed E-state index contributed by atoms with van der Waals surface area (Å²) in [6, 6.07) is 18.2. The van der Waals surface area contributed by atoms with Crippen LogP contribution in [0.15, 0.2) is 91.4 Å². The maximum absolute atomic E-state index is 5.99. The summed E-state index contributed by atoms with van der Waals surface area (Å²) in [7, 11) is 1.99. The van der Waals surface area contributed by atoms with E-state index in [1.54, 1.807) is 12.2 Å². The second kappa shape index (κ2) is 7.48. The average Bonchev–Trinajstić information content (AvgIpc) is 3.02. The predicted octanol–water partition coefficient (Wildman–Crippen LogP) is 5.30. The number of likely N-dealkylation sites (N-methyl/N-ethyl adjacent to an activating group) is 1. The van der Waals surface area contributed by atoms with Gasteiger partial charge in [-0.2, -0.15) is 0 Å². The van der Waals surface area contributed by atoms with E-state index < -0.39 is 0 Å². The number of hydrogen-bond donors (Lipinski definition) is 2. The van der Waals surface area contributed by atoms with E-state index in [9.17, 15) is 0 Å². The third-order valence-electron chi connectivity index (χ3n) is 5.57. The number of aryl methyl sites for hydroxylation is 1. The predicted molar refractivity (Wildman–Crippen MR) is 127 cm³/mol. The van der Waals surface area contributed by atoms with Gasteiger partial charge in [0.2, 0.25) is 0 Å². The van der Waals surface area contributed by atoms with Crippen LogP contribution in [0.25, 0.3) is 22.2 Å². The van der Waals surface area contributed by atoms with Crippen molar-refractivity contribution in [2.75, 3.05) is 11.9 Å². The summed E-state index contributed by atoms with van der Waals surface area (Å²) >= 11 is 0. The van der Waals surface area contributed by atoms with Gasteiger partial charge in [0.25, 0.3) is 0 Å². The maximum atomic E-state index is 5.99. The Morgan fingerprint density at radius 2 is 1.57 bits per heavy atom. The van der Waals surface area contributed by atoms with Gasteiger partial charge in [0.05, 0.1) is 22.8 Å². The van der Waals surface area contributed by atoms with Crippen molar-refractivity contribution < 1.29 is 4.74 Å². The lowest BCUT2D eigenvalue weighted by molar-refractivity contribution is 0.429. The van der Waals surface area contributed by atoms with E-state index >= 15 is 0 Å². The molecule has 0 atom stereocenters. The van der Waals surface area contributed by atoms with Crippen LogP contribution in [0.4, 0.5) is 5.69 Å². The molecule has 1 heterocycles. The number of allylic oxidation sites excluding steroid dienone is 2. The molecule has 0 unspecified atom stereocenters. The fourth-order valence-corrected chi connectivity index (χ4v) is 3.96. The molecule has 0 fully saturated rings. The Kier molecular flexibility index (Phi) is 4.84. The molecule has 0 aromatic heterocycles. The van der Waals surface area contributed by atoms with Crippen molar-refractivity contribution in [2.24, 2.45) is 11.5 Å². The van der Waals surface area contributed by atoms with Crippen molar-refractivity contribution in [3.05, 3.63) is 108 Å². The number of fused-ring (bicyclic) bond motifs is 1. The number of hydrogen-bond acceptors (Lipinski definition) is 4. The first-order chi connectivity index (χ1) is 14.5. The van der Waals surface area contributed by atoms with Gasteiger partial charge in [0, 0.05) is 23.6 Å². The molecule has 2 aliphatic rings. The first kappa shape index (κ1) is 19.4. The molecule has 3 aromatic carbocycles. The number of nitrogens with two attached hydrogens (primary N) is 2. The third kappa shape index (κ3) is 2.94. The lowest BCUT2D eigenvalue weighted by atomic mass is 9.99. The second-order valence-electron chi connectivity index (χ2n) is 7.27. The standard InChI is InChI=1S/C13H12N2.C13H13NO/c1-7-5-6-10-11-8(7)3-2-4-9(11)12(14)13(10)15;1-4-10-12(5-2)15-13-9-7-6-8-11(13)14(10)3/h2-6H,14-15H2,1H3;4-9H,1-2H2,3H3. The molecular formula is C26H25N3O. The van der Waals surface area contributed by atoms with Crippen LogP contribution in [0.1, 0.15) is 16.7 Å². The molecule has 3 aromatic rings. The average molecular weight is 396 g/mol. The largest absolute Gasteiger partial charge is 0.453 e. The summed E-state index contributed by atoms with van der Waals surface area (Å²) in [5, 5.41) is 2.45. The Morgan fingerprint density at radius 1 is 0.867 bits per heavy atom. The Balaban J connectivity index is 0.000000145. The minimum absolute atomic E-state index is 0.709. The van der Waals surface area contributed by atoms with Gasteiger partial charge < -0.3 is 21.1 Å². The van der Waals surface area contributed by atoms with Gasteiger partial charge in [-0.05, 0) is 42.2 Å². The molecule has 4 N–H and O–H groups in total. The van der Waals surface area contributed by atoms with Crippen LogP contribution in [0.3, 0.4) is 0 Å². The van der Waals surface area contributed by atoms with Crippen molar-refractivity contribution in [2.45, 2.75) is 6.92 Å². The van der Waals surface area contributed by atoms with E-state index in [1.165, 1.54) is 16.3 Å². The normalized spacial score (nSPS) is 14.1. The Morgan fingerprint density at radius 3 is 2.27 bits per heavy atom. The van der Waals surface area contributed by atoms with Gasteiger partial charge in [0.1, 0.15) is 0 Å². The van der Waals surface area contributed by atoms with Crippen molar-refractivity contribution in [3.63, 3.8) is 0 Å². The molecule has 0 amide bonds. The van der Waals surface area contributed by atoms with E-state index in [2.05, 4.69) is 38.3 Å². The molecule has 4 heteroatoms. The Labute approximate surface area is 177 Å². The van der Waals surface area contributed by atoms with Crippen LogP contribution in [0, 0.1) is 6.92 Å². The van der Waals surface area contributed by atoms with Crippen molar-refractivity contribution in [1.82, 2.24) is 0 Å².